The van der Waals surface area contributed by atoms with Gasteiger partial charge in [0, 0.05) is 69.4 Å². The average molecular weight is 924 g/mol. The van der Waals surface area contributed by atoms with Gasteiger partial charge in [-0.05, 0) is 109 Å². The molecule has 4 heterocycles. The van der Waals surface area contributed by atoms with Gasteiger partial charge in [0.25, 0.3) is 5.91 Å². The first-order valence-electron chi connectivity index (χ1n) is 23.2. The Morgan fingerprint density at radius 3 is 2.15 bits per heavy atom. The summed E-state index contributed by atoms with van der Waals surface area (Å²) in [5.41, 5.74) is 3.47. The second-order valence-corrected chi connectivity index (χ2v) is 20.2. The van der Waals surface area contributed by atoms with E-state index in [4.69, 9.17) is 4.74 Å². The number of phenols is 1. The van der Waals surface area contributed by atoms with Gasteiger partial charge in [0.2, 0.25) is 15.6 Å². The molecule has 2 bridgehead atoms. The summed E-state index contributed by atoms with van der Waals surface area (Å²) in [7, 11) is -3.93. The number of piperidine rings is 3. The second-order valence-electron chi connectivity index (χ2n) is 18.3. The van der Waals surface area contributed by atoms with E-state index in [0.717, 1.165) is 48.3 Å². The van der Waals surface area contributed by atoms with Crippen LogP contribution in [-0.2, 0) is 44.6 Å². The summed E-state index contributed by atoms with van der Waals surface area (Å²) in [5.74, 6) is 0.153. The number of pyridine rings is 1. The van der Waals surface area contributed by atoms with Crippen LogP contribution in [0, 0.1) is 5.92 Å². The minimum atomic E-state index is -3.93. The minimum Gasteiger partial charge on any atom is -0.506 e. The fourth-order valence-electron chi connectivity index (χ4n) is 10.1. The van der Waals surface area contributed by atoms with Crippen molar-refractivity contribution in [3.05, 3.63) is 177 Å². The Morgan fingerprint density at radius 1 is 0.806 bits per heavy atom. The number of hydrogen-bond donors (Lipinski definition) is 4. The van der Waals surface area contributed by atoms with E-state index in [-0.39, 0.29) is 59.3 Å². The summed E-state index contributed by atoms with van der Waals surface area (Å²) in [6, 6.07) is 38.9. The number of aliphatic hydroxyl groups excluding tert-OH is 1. The molecule has 0 aliphatic carbocycles. The van der Waals surface area contributed by atoms with Gasteiger partial charge in [-0.2, -0.15) is 4.31 Å². The van der Waals surface area contributed by atoms with E-state index in [9.17, 15) is 33.0 Å². The zero-order valence-electron chi connectivity index (χ0n) is 37.4. The number of phenolic OH excluding ortho intramolecular Hbond substituents is 1. The third kappa shape index (κ3) is 10.2. The van der Waals surface area contributed by atoms with Crippen molar-refractivity contribution in [2.45, 2.75) is 74.3 Å². The van der Waals surface area contributed by atoms with Crippen LogP contribution in [0.25, 0.3) is 10.9 Å². The number of aromatic amines is 1. The van der Waals surface area contributed by atoms with Gasteiger partial charge in [0.1, 0.15) is 11.9 Å². The largest absolute Gasteiger partial charge is 0.506 e. The Balaban J connectivity index is 0.838. The van der Waals surface area contributed by atoms with Gasteiger partial charge >= 0.3 is 5.97 Å². The molecule has 3 saturated heterocycles. The molecule has 6 aromatic rings. The lowest BCUT2D eigenvalue weighted by Gasteiger charge is -2.44. The maximum absolute atomic E-state index is 14.2. The number of carbonyl (C=O) groups excluding carboxylic acids is 2. The standard InChI is InChI=1S/C53H57N5O8S/c59-47-23-21-45(46-22-24-49(61)55-50(46)47)48(60)32-54-31-37-13-15-38(16-14-37)34-58(67(64,65)44-11-5-2-6-12-44)35-39-17-19-41(20-18-39)51(62)57-28-25-53(26-29-57,42-9-3-1-4-10-42)52(63)66-43-30-40-8-7-27-56(33-40)36-43/h1-6,9-24,40,43,48,54,59-60H,7-8,25-36H2,(H,55,61)/t40?,43-,48+/m1/s1. The van der Waals surface area contributed by atoms with Gasteiger partial charge in [-0.3, -0.25) is 19.3 Å². The third-order valence-corrected chi connectivity index (χ3v) is 15.6. The first-order chi connectivity index (χ1) is 32.4. The Morgan fingerprint density at radius 2 is 1.46 bits per heavy atom. The molecule has 13 nitrogen and oxygen atoms in total. The summed E-state index contributed by atoms with van der Waals surface area (Å²) in [6.45, 7) is 4.50. The van der Waals surface area contributed by atoms with Gasteiger partial charge < -0.3 is 30.2 Å². The molecule has 0 radical (unpaired) electrons. The summed E-state index contributed by atoms with van der Waals surface area (Å²) in [5, 5.41) is 25.0. The van der Waals surface area contributed by atoms with E-state index < -0.39 is 21.5 Å². The highest BCUT2D eigenvalue weighted by Gasteiger charge is 2.47. The zero-order chi connectivity index (χ0) is 46.5. The van der Waals surface area contributed by atoms with E-state index >= 15 is 0 Å². The molecule has 0 spiro atoms. The number of sulfonamides is 1. The van der Waals surface area contributed by atoms with E-state index in [2.05, 4.69) is 15.2 Å². The number of fused-ring (bicyclic) bond motifs is 3. The first kappa shape index (κ1) is 46.0. The predicted octanol–water partition coefficient (Wildman–Crippen LogP) is 6.65. The molecule has 3 aliphatic heterocycles. The molecule has 3 fully saturated rings. The number of amides is 1. The van der Waals surface area contributed by atoms with Crippen LogP contribution in [0.2, 0.25) is 0 Å². The highest BCUT2D eigenvalue weighted by atomic mass is 32.2. The number of aliphatic hydroxyl groups is 1. The molecular weight excluding hydrogens is 867 g/mol. The predicted molar refractivity (Wildman–Crippen MR) is 256 cm³/mol. The molecule has 3 aliphatic rings. The number of rotatable bonds is 15. The SMILES string of the molecule is O=C(c1ccc(CN(Cc2ccc(CNC[C@H](O)c3ccc(O)c4[nH]c(=O)ccc34)cc2)S(=O)(=O)c2ccccc2)cc1)N1CCC(C(=O)O[C@@H]2CC3CCCN(C3)C2)(c2ccccc2)CC1. The van der Waals surface area contributed by atoms with Gasteiger partial charge in [0.05, 0.1) is 21.9 Å². The number of benzene rings is 5. The molecule has 5 aromatic carbocycles. The average Bonchev–Trinajstić information content (AvgIpc) is 3.35. The quantitative estimate of drug-likeness (QED) is 0.0818. The molecule has 0 saturated carbocycles. The van der Waals surface area contributed by atoms with Crippen LogP contribution >= 0.6 is 0 Å². The number of hydrogen-bond acceptors (Lipinski definition) is 10. The van der Waals surface area contributed by atoms with Gasteiger partial charge in [0.15, 0.2) is 0 Å². The van der Waals surface area contributed by atoms with E-state index in [1.54, 1.807) is 71.6 Å². The number of nitrogens with one attached hydrogen (secondary N) is 2. The molecule has 4 atom stereocenters. The normalized spacial score (nSPS) is 19.8. The van der Waals surface area contributed by atoms with Crippen molar-refractivity contribution < 1.29 is 33.0 Å². The van der Waals surface area contributed by atoms with Crippen molar-refractivity contribution in [2.75, 3.05) is 39.3 Å². The second kappa shape index (κ2) is 20.0. The summed E-state index contributed by atoms with van der Waals surface area (Å²) >= 11 is 0. The highest BCUT2D eigenvalue weighted by Crippen LogP contribution is 2.39. The molecule has 1 aromatic heterocycles. The Labute approximate surface area is 391 Å². The maximum Gasteiger partial charge on any atom is 0.317 e. The van der Waals surface area contributed by atoms with Crippen LogP contribution in [0.1, 0.15) is 76.4 Å². The lowest BCUT2D eigenvalue weighted by atomic mass is 9.72. The molecule has 2 unspecified atom stereocenters. The summed E-state index contributed by atoms with van der Waals surface area (Å²) < 4.78 is 36.1. The monoisotopic (exact) mass is 923 g/mol. The fourth-order valence-corrected chi connectivity index (χ4v) is 11.6. The van der Waals surface area contributed by atoms with Crippen LogP contribution in [0.3, 0.4) is 0 Å². The number of ether oxygens (including phenoxy) is 1. The smallest absolute Gasteiger partial charge is 0.317 e. The molecular formula is C53H57N5O8S. The van der Waals surface area contributed by atoms with Gasteiger partial charge in [-0.1, -0.05) is 91.0 Å². The van der Waals surface area contributed by atoms with Crippen molar-refractivity contribution in [3.63, 3.8) is 0 Å². The van der Waals surface area contributed by atoms with Gasteiger partial charge in [-0.25, -0.2) is 8.42 Å². The van der Waals surface area contributed by atoms with Crippen LogP contribution in [0.15, 0.2) is 143 Å². The molecule has 348 valence electrons. The minimum absolute atomic E-state index is 0.0671. The van der Waals surface area contributed by atoms with Crippen molar-refractivity contribution in [3.8, 4) is 5.75 Å². The van der Waals surface area contributed by atoms with E-state index in [1.807, 2.05) is 54.6 Å². The molecule has 4 N–H and O–H groups in total. The topological polar surface area (TPSA) is 173 Å². The number of aromatic hydroxyl groups is 1. The highest BCUT2D eigenvalue weighted by molar-refractivity contribution is 7.89. The number of aromatic nitrogens is 1. The van der Waals surface area contributed by atoms with Crippen molar-refractivity contribution in [1.29, 1.82) is 0 Å². The molecule has 9 rings (SSSR count). The molecule has 14 heteroatoms. The van der Waals surface area contributed by atoms with Gasteiger partial charge in [-0.15, -0.1) is 0 Å². The van der Waals surface area contributed by atoms with Crippen molar-refractivity contribution in [2.24, 2.45) is 5.92 Å². The van der Waals surface area contributed by atoms with Crippen LogP contribution in [0.5, 0.6) is 5.75 Å². The number of H-pyrrole nitrogens is 1. The summed E-state index contributed by atoms with van der Waals surface area (Å²) in [6.07, 6.45) is 3.15. The first-order valence-corrected chi connectivity index (χ1v) is 24.6. The summed E-state index contributed by atoms with van der Waals surface area (Å²) in [4.78, 5) is 47.0. The number of esters is 1. The number of likely N-dealkylation sites (tertiary alicyclic amines) is 1. The maximum atomic E-state index is 14.2. The van der Waals surface area contributed by atoms with Crippen molar-refractivity contribution in [1.82, 2.24) is 24.4 Å². The fraction of sp³-hybridized carbons (Fsp3) is 0.340. The molecule has 1 amide bonds. The number of carbonyl (C=O) groups is 2. The Bertz CT molecular complexity index is 2840. The lowest BCUT2D eigenvalue weighted by Crippen LogP contribution is -2.53. The lowest BCUT2D eigenvalue weighted by molar-refractivity contribution is -0.162. The third-order valence-electron chi connectivity index (χ3n) is 13.8. The zero-order valence-corrected chi connectivity index (χ0v) is 38.2. The molecule has 67 heavy (non-hydrogen) atoms. The van der Waals surface area contributed by atoms with Crippen molar-refractivity contribution >= 4 is 32.8 Å². The number of nitrogens with zero attached hydrogens (tertiary/aromatic N) is 3. The van der Waals surface area contributed by atoms with Crippen LogP contribution in [0.4, 0.5) is 0 Å². The Hall–Kier alpha value is -6.16. The van der Waals surface area contributed by atoms with E-state index in [0.29, 0.717) is 54.9 Å². The van der Waals surface area contributed by atoms with Crippen LogP contribution in [-0.4, -0.2) is 95.0 Å². The van der Waals surface area contributed by atoms with Crippen LogP contribution < -0.4 is 10.9 Å². The Kier molecular flexibility index (Phi) is 13.7. The van der Waals surface area contributed by atoms with E-state index in [1.165, 1.54) is 29.3 Å².